The third-order valence-electron chi connectivity index (χ3n) is 4.78. The van der Waals surface area contributed by atoms with E-state index < -0.39 is 16.0 Å². The average Bonchev–Trinajstić information content (AvgIpc) is 3.21. The van der Waals surface area contributed by atoms with Crippen LogP contribution < -0.4 is 4.31 Å². The van der Waals surface area contributed by atoms with Crippen LogP contribution in [-0.4, -0.2) is 50.7 Å². The molecule has 1 aliphatic rings. The second-order valence-electron chi connectivity index (χ2n) is 6.94. The van der Waals surface area contributed by atoms with Crippen molar-refractivity contribution in [2.75, 3.05) is 31.5 Å². The van der Waals surface area contributed by atoms with Crippen LogP contribution >= 0.6 is 0 Å². The predicted octanol–water partition coefficient (Wildman–Crippen LogP) is 2.87. The van der Waals surface area contributed by atoms with E-state index in [1.165, 1.54) is 32.3 Å². The Morgan fingerprint density at radius 3 is 2.21 bits per heavy atom. The highest BCUT2D eigenvalue weighted by molar-refractivity contribution is 7.90. The minimum absolute atomic E-state index is 0.0177. The minimum atomic E-state index is -3.90. The summed E-state index contributed by atoms with van der Waals surface area (Å²) in [5, 5.41) is 0. The van der Waals surface area contributed by atoms with E-state index in [0.29, 0.717) is 11.1 Å². The number of carbonyl (C=O) groups excluding carboxylic acids is 1. The van der Waals surface area contributed by atoms with Crippen molar-refractivity contribution in [1.29, 1.82) is 0 Å². The van der Waals surface area contributed by atoms with Gasteiger partial charge in [0.15, 0.2) is 0 Å². The highest BCUT2D eigenvalue weighted by atomic mass is 32.2. The first-order valence-electron chi connectivity index (χ1n) is 9.13. The lowest BCUT2D eigenvalue weighted by Gasteiger charge is -2.28. The number of amides is 1. The summed E-state index contributed by atoms with van der Waals surface area (Å²) in [6.45, 7) is 1.49. The Bertz CT molecular complexity index is 939. The number of halogens is 1. The van der Waals surface area contributed by atoms with Gasteiger partial charge in [0.1, 0.15) is 5.82 Å². The van der Waals surface area contributed by atoms with Crippen LogP contribution in [0.15, 0.2) is 48.5 Å². The van der Waals surface area contributed by atoms with Gasteiger partial charge in [-0.05, 0) is 42.7 Å². The van der Waals surface area contributed by atoms with Crippen LogP contribution in [0, 0.1) is 5.82 Å². The van der Waals surface area contributed by atoms with Crippen molar-refractivity contribution in [3.63, 3.8) is 0 Å². The van der Waals surface area contributed by atoms with Gasteiger partial charge in [-0.1, -0.05) is 24.3 Å². The average molecular weight is 405 g/mol. The number of hydrogen-bond donors (Lipinski definition) is 0. The van der Waals surface area contributed by atoms with Crippen LogP contribution in [-0.2, 0) is 16.8 Å². The van der Waals surface area contributed by atoms with Crippen molar-refractivity contribution >= 4 is 21.8 Å². The molecule has 0 aliphatic carbocycles. The molecule has 0 N–H and O–H groups in total. The molecule has 0 radical (unpaired) electrons. The second-order valence-corrected chi connectivity index (χ2v) is 9.01. The van der Waals surface area contributed by atoms with Gasteiger partial charge >= 0.3 is 10.2 Å². The third kappa shape index (κ3) is 4.18. The lowest BCUT2D eigenvalue weighted by Crippen LogP contribution is -2.40. The number of anilines is 1. The van der Waals surface area contributed by atoms with Gasteiger partial charge in [0.25, 0.3) is 5.91 Å². The number of rotatable bonds is 6. The summed E-state index contributed by atoms with van der Waals surface area (Å²) in [6, 6.07) is 12.6. The maximum Gasteiger partial charge on any atom is 0.303 e. The van der Waals surface area contributed by atoms with E-state index in [-0.39, 0.29) is 18.1 Å². The molecule has 1 heterocycles. The molecule has 1 aliphatic heterocycles. The topological polar surface area (TPSA) is 60.9 Å². The molecule has 0 spiro atoms. The Labute approximate surface area is 165 Å². The van der Waals surface area contributed by atoms with Crippen molar-refractivity contribution in [2.45, 2.75) is 19.4 Å². The molecular formula is C20H24FN3O3S. The minimum Gasteiger partial charge on any atom is -0.339 e. The van der Waals surface area contributed by atoms with Crippen LogP contribution in [0.25, 0.3) is 0 Å². The van der Waals surface area contributed by atoms with E-state index in [0.717, 1.165) is 34.5 Å². The number of carbonyl (C=O) groups is 1. The molecular weight excluding hydrogens is 381 g/mol. The summed E-state index contributed by atoms with van der Waals surface area (Å²) in [5.41, 5.74) is 1.21. The molecule has 0 aromatic heterocycles. The smallest absolute Gasteiger partial charge is 0.303 e. The summed E-state index contributed by atoms with van der Waals surface area (Å²) in [5.74, 6) is -0.635. The fourth-order valence-corrected chi connectivity index (χ4v) is 4.27. The summed E-state index contributed by atoms with van der Waals surface area (Å²) in [4.78, 5) is 14.3. The fraction of sp³-hybridized carbons (Fsp3) is 0.350. The third-order valence-corrected chi connectivity index (χ3v) is 6.59. The Morgan fingerprint density at radius 2 is 1.64 bits per heavy atom. The summed E-state index contributed by atoms with van der Waals surface area (Å²) >= 11 is 0. The molecule has 2 aromatic rings. The van der Waals surface area contributed by atoms with E-state index in [2.05, 4.69) is 0 Å². The summed E-state index contributed by atoms with van der Waals surface area (Å²) < 4.78 is 41.9. The number of para-hydroxylation sites is 1. The van der Waals surface area contributed by atoms with Gasteiger partial charge in [0.2, 0.25) is 0 Å². The van der Waals surface area contributed by atoms with Crippen LogP contribution in [0.2, 0.25) is 0 Å². The van der Waals surface area contributed by atoms with Crippen LogP contribution in [0.1, 0.15) is 28.8 Å². The van der Waals surface area contributed by atoms with Crippen LogP contribution in [0.4, 0.5) is 10.1 Å². The highest BCUT2D eigenvalue weighted by Crippen LogP contribution is 2.25. The molecule has 28 heavy (non-hydrogen) atoms. The number of benzene rings is 2. The molecule has 1 fully saturated rings. The first-order valence-corrected chi connectivity index (χ1v) is 10.5. The second kappa shape index (κ2) is 8.28. The van der Waals surface area contributed by atoms with Gasteiger partial charge < -0.3 is 4.90 Å². The zero-order valence-electron chi connectivity index (χ0n) is 16.0. The standard InChI is InChI=1S/C20H24FN3O3S/c1-22(2)28(26,27)24(19-8-4-3-7-18(19)21)15-16-9-11-17(12-10-16)20(25)23-13-5-6-14-23/h3-4,7-12H,5-6,13-15H2,1-2H3. The molecule has 150 valence electrons. The normalized spacial score (nSPS) is 14.5. The molecule has 3 rings (SSSR count). The molecule has 8 heteroatoms. The molecule has 1 saturated heterocycles. The van der Waals surface area contributed by atoms with Crippen molar-refractivity contribution < 1.29 is 17.6 Å². The summed E-state index contributed by atoms with van der Waals surface area (Å²) in [6.07, 6.45) is 2.04. The Balaban J connectivity index is 1.87. The van der Waals surface area contributed by atoms with Crippen molar-refractivity contribution in [3.05, 3.63) is 65.5 Å². The zero-order chi connectivity index (χ0) is 20.3. The lowest BCUT2D eigenvalue weighted by atomic mass is 10.1. The zero-order valence-corrected chi connectivity index (χ0v) is 16.8. The van der Waals surface area contributed by atoms with Gasteiger partial charge in [0, 0.05) is 32.7 Å². The SMILES string of the molecule is CN(C)S(=O)(=O)N(Cc1ccc(C(=O)N2CCCC2)cc1)c1ccccc1F. The number of likely N-dealkylation sites (tertiary alicyclic amines) is 1. The Morgan fingerprint density at radius 1 is 1.04 bits per heavy atom. The Hall–Kier alpha value is -2.45. The largest absolute Gasteiger partial charge is 0.339 e. The quantitative estimate of drug-likeness (QED) is 0.743. The van der Waals surface area contributed by atoms with Gasteiger partial charge in [-0.3, -0.25) is 9.10 Å². The van der Waals surface area contributed by atoms with Gasteiger partial charge in [-0.15, -0.1) is 0 Å². The lowest BCUT2D eigenvalue weighted by molar-refractivity contribution is 0.0793. The van der Waals surface area contributed by atoms with E-state index in [4.69, 9.17) is 0 Å². The summed E-state index contributed by atoms with van der Waals surface area (Å²) in [7, 11) is -1.09. The van der Waals surface area contributed by atoms with E-state index >= 15 is 0 Å². The van der Waals surface area contributed by atoms with Crippen molar-refractivity contribution in [2.24, 2.45) is 0 Å². The van der Waals surface area contributed by atoms with Crippen molar-refractivity contribution in [1.82, 2.24) is 9.21 Å². The molecule has 0 bridgehead atoms. The van der Waals surface area contributed by atoms with Gasteiger partial charge in [0.05, 0.1) is 12.2 Å². The number of nitrogens with zero attached hydrogens (tertiary/aromatic N) is 3. The molecule has 2 aromatic carbocycles. The van der Waals surface area contributed by atoms with E-state index in [1.807, 2.05) is 4.90 Å². The molecule has 0 unspecified atom stereocenters. The molecule has 1 amide bonds. The van der Waals surface area contributed by atoms with E-state index in [9.17, 15) is 17.6 Å². The van der Waals surface area contributed by atoms with Crippen LogP contribution in [0.3, 0.4) is 0 Å². The van der Waals surface area contributed by atoms with Crippen molar-refractivity contribution in [3.8, 4) is 0 Å². The van der Waals surface area contributed by atoms with Gasteiger partial charge in [-0.25, -0.2) is 4.39 Å². The maximum atomic E-state index is 14.3. The molecule has 6 nitrogen and oxygen atoms in total. The monoisotopic (exact) mass is 405 g/mol. The number of hydrogen-bond acceptors (Lipinski definition) is 3. The fourth-order valence-electron chi connectivity index (χ4n) is 3.16. The Kier molecular flexibility index (Phi) is 6.00. The molecule has 0 saturated carbocycles. The molecule has 0 atom stereocenters. The first kappa shape index (κ1) is 20.3. The maximum absolute atomic E-state index is 14.3. The van der Waals surface area contributed by atoms with E-state index in [1.54, 1.807) is 30.3 Å². The highest BCUT2D eigenvalue weighted by Gasteiger charge is 2.27. The first-order chi connectivity index (χ1) is 13.3. The van der Waals surface area contributed by atoms with Crippen LogP contribution in [0.5, 0.6) is 0 Å². The predicted molar refractivity (Wildman–Crippen MR) is 107 cm³/mol. The van der Waals surface area contributed by atoms with Gasteiger partial charge in [-0.2, -0.15) is 12.7 Å².